The highest BCUT2D eigenvalue weighted by Crippen LogP contribution is 2.33. The molecule has 0 amide bonds. The van der Waals surface area contributed by atoms with Gasteiger partial charge in [0.2, 0.25) is 0 Å². The first-order valence-electron chi connectivity index (χ1n) is 10.1. The number of nitrogens with one attached hydrogen (secondary N) is 1. The number of aromatic nitrogens is 4. The van der Waals surface area contributed by atoms with E-state index in [0.29, 0.717) is 28.6 Å². The first-order valence-corrected chi connectivity index (χ1v) is 10.5. The summed E-state index contributed by atoms with van der Waals surface area (Å²) < 4.78 is 38.4. The molecule has 3 heterocycles. The topological polar surface area (TPSA) is 79.1 Å². The zero-order valence-corrected chi connectivity index (χ0v) is 17.9. The van der Waals surface area contributed by atoms with Gasteiger partial charge in [0.15, 0.2) is 0 Å². The molecule has 11 heteroatoms. The molecule has 32 heavy (non-hydrogen) atoms. The van der Waals surface area contributed by atoms with Crippen molar-refractivity contribution < 1.29 is 18.3 Å². The van der Waals surface area contributed by atoms with Crippen LogP contribution in [0.2, 0.25) is 5.02 Å². The van der Waals surface area contributed by atoms with E-state index in [2.05, 4.69) is 20.5 Å². The third kappa shape index (κ3) is 4.72. The van der Waals surface area contributed by atoms with E-state index < -0.39 is 18.0 Å². The highest BCUT2D eigenvalue weighted by Gasteiger charge is 2.34. The summed E-state index contributed by atoms with van der Waals surface area (Å²) in [5.41, 5.74) is 0.380. The van der Waals surface area contributed by atoms with Crippen molar-refractivity contribution in [2.75, 3.05) is 11.9 Å². The molecule has 1 fully saturated rings. The number of likely N-dealkylation sites (tertiary alicyclic amines) is 1. The molecule has 7 nitrogen and oxygen atoms in total. The van der Waals surface area contributed by atoms with Crippen molar-refractivity contribution in [2.45, 2.75) is 44.3 Å². The number of hydrogen-bond donors (Lipinski definition) is 2. The van der Waals surface area contributed by atoms with Gasteiger partial charge in [0.25, 0.3) is 0 Å². The minimum Gasteiger partial charge on any atom is -0.374 e. The number of nitrogens with zero attached hydrogens (tertiary/aromatic N) is 5. The standard InChI is InChI=1S/C21H22ClF3N6O/c1-13-17(29-19-7-4-14(12-26-19)21(23,24)25)3-2-10-30(13)20(32)16-11-15(22)5-6-18(16)31-27-8-9-28-31/h4-9,11-13,17,20,32H,2-3,10H2,1H3,(H,26,29)/t13-,17+,20?/m0/s1. The predicted molar refractivity (Wildman–Crippen MR) is 113 cm³/mol. The number of pyridine rings is 1. The highest BCUT2D eigenvalue weighted by atomic mass is 35.5. The van der Waals surface area contributed by atoms with Gasteiger partial charge in [-0.1, -0.05) is 11.6 Å². The Morgan fingerprint density at radius 1 is 1.19 bits per heavy atom. The molecule has 2 aromatic heterocycles. The molecule has 0 radical (unpaired) electrons. The summed E-state index contributed by atoms with van der Waals surface area (Å²) in [7, 11) is 0. The number of piperidine rings is 1. The minimum absolute atomic E-state index is 0.118. The second-order valence-electron chi connectivity index (χ2n) is 7.70. The monoisotopic (exact) mass is 466 g/mol. The first kappa shape index (κ1) is 22.5. The number of halogens is 4. The van der Waals surface area contributed by atoms with Gasteiger partial charge in [0.05, 0.1) is 23.6 Å². The maximum atomic E-state index is 12.8. The molecule has 1 unspecified atom stereocenters. The number of hydrogen-bond acceptors (Lipinski definition) is 6. The van der Waals surface area contributed by atoms with Gasteiger partial charge in [-0.15, -0.1) is 0 Å². The lowest BCUT2D eigenvalue weighted by atomic mass is 9.95. The largest absolute Gasteiger partial charge is 0.417 e. The van der Waals surface area contributed by atoms with Gasteiger partial charge in [-0.2, -0.15) is 28.2 Å². The van der Waals surface area contributed by atoms with Crippen LogP contribution in [-0.2, 0) is 6.18 Å². The van der Waals surface area contributed by atoms with Crippen LogP contribution < -0.4 is 5.32 Å². The molecule has 1 aromatic carbocycles. The normalized spacial score (nSPS) is 20.8. The lowest BCUT2D eigenvalue weighted by molar-refractivity contribution is -0.137. The summed E-state index contributed by atoms with van der Waals surface area (Å²) in [5, 5.41) is 23.2. The Bertz CT molecular complexity index is 1040. The molecule has 2 N–H and O–H groups in total. The molecule has 1 saturated heterocycles. The van der Waals surface area contributed by atoms with Gasteiger partial charge in [-0.3, -0.25) is 4.90 Å². The second kappa shape index (κ2) is 9.05. The van der Waals surface area contributed by atoms with Crippen LogP contribution in [0.1, 0.15) is 37.1 Å². The minimum atomic E-state index is -4.43. The second-order valence-corrected chi connectivity index (χ2v) is 8.13. The Balaban J connectivity index is 1.54. The molecule has 0 bridgehead atoms. The van der Waals surface area contributed by atoms with E-state index in [4.69, 9.17) is 11.6 Å². The van der Waals surface area contributed by atoms with E-state index in [1.807, 2.05) is 11.8 Å². The molecule has 0 saturated carbocycles. The quantitative estimate of drug-likeness (QED) is 0.584. The Morgan fingerprint density at radius 3 is 2.59 bits per heavy atom. The van der Waals surface area contributed by atoms with Crippen LogP contribution >= 0.6 is 11.6 Å². The van der Waals surface area contributed by atoms with Crippen molar-refractivity contribution >= 4 is 17.4 Å². The molecule has 0 spiro atoms. The third-order valence-corrected chi connectivity index (χ3v) is 5.91. The molecule has 4 rings (SSSR count). The molecular formula is C21H22ClF3N6O. The Morgan fingerprint density at radius 2 is 1.94 bits per heavy atom. The molecule has 170 valence electrons. The van der Waals surface area contributed by atoms with E-state index in [0.717, 1.165) is 25.1 Å². The lowest BCUT2D eigenvalue weighted by Crippen LogP contribution is -2.51. The number of rotatable bonds is 5. The summed E-state index contributed by atoms with van der Waals surface area (Å²) >= 11 is 6.20. The molecular weight excluding hydrogens is 445 g/mol. The van der Waals surface area contributed by atoms with Gasteiger partial charge >= 0.3 is 6.18 Å². The van der Waals surface area contributed by atoms with Crippen molar-refractivity contribution in [2.24, 2.45) is 0 Å². The Hall–Kier alpha value is -2.69. The maximum Gasteiger partial charge on any atom is 0.417 e. The number of aliphatic hydroxyl groups excluding tert-OH is 1. The average molecular weight is 467 g/mol. The summed E-state index contributed by atoms with van der Waals surface area (Å²) in [6.07, 6.45) is 0.0814. The van der Waals surface area contributed by atoms with Crippen LogP contribution in [-0.4, -0.2) is 48.6 Å². The third-order valence-electron chi connectivity index (χ3n) is 5.68. The van der Waals surface area contributed by atoms with Gasteiger partial charge in [0, 0.05) is 35.4 Å². The van der Waals surface area contributed by atoms with Crippen LogP contribution in [0.4, 0.5) is 19.0 Å². The molecule has 3 aromatic rings. The number of anilines is 1. The lowest BCUT2D eigenvalue weighted by Gasteiger charge is -2.42. The van der Waals surface area contributed by atoms with E-state index in [9.17, 15) is 18.3 Å². The Labute approximate surface area is 187 Å². The van der Waals surface area contributed by atoms with Crippen LogP contribution in [0.15, 0.2) is 48.9 Å². The van der Waals surface area contributed by atoms with Crippen LogP contribution in [0.3, 0.4) is 0 Å². The van der Waals surface area contributed by atoms with E-state index in [1.54, 1.807) is 30.6 Å². The summed E-state index contributed by atoms with van der Waals surface area (Å²) in [5.74, 6) is 0.357. The van der Waals surface area contributed by atoms with Gasteiger partial charge in [-0.05, 0) is 50.1 Å². The number of benzene rings is 1. The fourth-order valence-electron chi connectivity index (χ4n) is 3.98. The summed E-state index contributed by atoms with van der Waals surface area (Å²) in [4.78, 5) is 7.25. The van der Waals surface area contributed by atoms with Gasteiger partial charge in [0.1, 0.15) is 12.0 Å². The molecule has 3 atom stereocenters. The number of alkyl halides is 3. The predicted octanol–water partition coefficient (Wildman–Crippen LogP) is 4.29. The van der Waals surface area contributed by atoms with Gasteiger partial charge < -0.3 is 10.4 Å². The first-order chi connectivity index (χ1) is 15.2. The summed E-state index contributed by atoms with van der Waals surface area (Å²) in [6.45, 7) is 2.60. The van der Waals surface area contributed by atoms with Crippen molar-refractivity contribution in [3.8, 4) is 5.69 Å². The van der Waals surface area contributed by atoms with Crippen molar-refractivity contribution in [3.05, 3.63) is 65.1 Å². The molecule has 0 aliphatic carbocycles. The van der Waals surface area contributed by atoms with Gasteiger partial charge in [-0.25, -0.2) is 4.98 Å². The smallest absolute Gasteiger partial charge is 0.374 e. The van der Waals surface area contributed by atoms with Crippen molar-refractivity contribution in [3.63, 3.8) is 0 Å². The van der Waals surface area contributed by atoms with Crippen molar-refractivity contribution in [1.82, 2.24) is 24.9 Å². The Kier molecular flexibility index (Phi) is 6.36. The number of aliphatic hydroxyl groups is 1. The van der Waals surface area contributed by atoms with Crippen molar-refractivity contribution in [1.29, 1.82) is 0 Å². The van der Waals surface area contributed by atoms with Crippen LogP contribution in [0, 0.1) is 0 Å². The zero-order valence-electron chi connectivity index (χ0n) is 17.2. The van der Waals surface area contributed by atoms with Crippen LogP contribution in [0.5, 0.6) is 0 Å². The average Bonchev–Trinajstić information content (AvgIpc) is 3.29. The molecule has 1 aliphatic rings. The molecule has 1 aliphatic heterocycles. The fraction of sp³-hybridized carbons (Fsp3) is 0.381. The van der Waals surface area contributed by atoms with E-state index in [1.165, 1.54) is 10.9 Å². The maximum absolute atomic E-state index is 12.8. The van der Waals surface area contributed by atoms with E-state index in [-0.39, 0.29) is 12.1 Å². The zero-order chi connectivity index (χ0) is 22.9. The van der Waals surface area contributed by atoms with Crippen LogP contribution in [0.25, 0.3) is 5.69 Å². The SMILES string of the molecule is C[C@H]1[C@H](Nc2ccc(C(F)(F)F)cn2)CCCN1C(O)c1cc(Cl)ccc1-n1nccn1. The van der Waals surface area contributed by atoms with E-state index >= 15 is 0 Å². The fourth-order valence-corrected chi connectivity index (χ4v) is 4.16. The summed E-state index contributed by atoms with van der Waals surface area (Å²) in [6, 6.07) is 7.21. The highest BCUT2D eigenvalue weighted by molar-refractivity contribution is 6.30.